The van der Waals surface area contributed by atoms with Crippen LogP contribution >= 0.6 is 0 Å². The van der Waals surface area contributed by atoms with Gasteiger partial charge in [0.05, 0.1) is 12.7 Å². The van der Waals surface area contributed by atoms with E-state index in [1.54, 1.807) is 6.08 Å². The zero-order chi connectivity index (χ0) is 10.4. The third-order valence-electron chi connectivity index (χ3n) is 1.58. The number of rotatable bonds is 4. The van der Waals surface area contributed by atoms with Crippen LogP contribution in [0.25, 0.3) is 0 Å². The average Bonchev–Trinajstić information content (AvgIpc) is 2.03. The van der Waals surface area contributed by atoms with Gasteiger partial charge in [-0.2, -0.15) is 0 Å². The molecule has 0 aliphatic carbocycles. The summed E-state index contributed by atoms with van der Waals surface area (Å²) in [5.41, 5.74) is 0.149. The summed E-state index contributed by atoms with van der Waals surface area (Å²) in [6.45, 7) is 5.40. The van der Waals surface area contributed by atoms with Crippen molar-refractivity contribution >= 4 is 11.8 Å². The first kappa shape index (κ1) is 11.9. The van der Waals surface area contributed by atoms with E-state index in [9.17, 15) is 9.59 Å². The highest BCUT2D eigenvalue weighted by Crippen LogP contribution is 2.06. The van der Waals surface area contributed by atoms with Gasteiger partial charge in [0.15, 0.2) is 5.78 Å². The molecule has 0 saturated heterocycles. The molecule has 0 rings (SSSR count). The van der Waals surface area contributed by atoms with Crippen molar-refractivity contribution in [3.8, 4) is 0 Å². The molecule has 0 N–H and O–H groups in total. The number of allylic oxidation sites excluding steroid dienone is 1. The van der Waals surface area contributed by atoms with E-state index in [1.807, 2.05) is 13.8 Å². The first-order chi connectivity index (χ1) is 5.99. The molecule has 13 heavy (non-hydrogen) atoms. The van der Waals surface area contributed by atoms with Gasteiger partial charge in [-0.25, -0.2) is 4.79 Å². The normalized spacial score (nSPS) is 11.6. The summed E-state index contributed by atoms with van der Waals surface area (Å²) >= 11 is 0. The quantitative estimate of drug-likeness (QED) is 0.289. The Kier molecular flexibility index (Phi) is 5.04. The monoisotopic (exact) mass is 184 g/mol. The first-order valence-electron chi connectivity index (χ1n) is 4.28. The van der Waals surface area contributed by atoms with Crippen molar-refractivity contribution in [3.05, 3.63) is 11.6 Å². The summed E-state index contributed by atoms with van der Waals surface area (Å²) in [6.07, 6.45) is 2.35. The maximum atomic E-state index is 11.1. The molecule has 0 unspecified atom stereocenters. The number of esters is 1. The van der Waals surface area contributed by atoms with Crippen molar-refractivity contribution in [1.82, 2.24) is 0 Å². The van der Waals surface area contributed by atoms with E-state index >= 15 is 0 Å². The Morgan fingerprint density at radius 2 is 1.92 bits per heavy atom. The van der Waals surface area contributed by atoms with Crippen molar-refractivity contribution in [3.63, 3.8) is 0 Å². The Morgan fingerprint density at radius 1 is 1.38 bits per heavy atom. The summed E-state index contributed by atoms with van der Waals surface area (Å²) in [5, 5.41) is 0. The molecule has 0 aromatic carbocycles. The molecule has 0 aliphatic heterocycles. The van der Waals surface area contributed by atoms with Gasteiger partial charge in [-0.15, -0.1) is 0 Å². The summed E-state index contributed by atoms with van der Waals surface area (Å²) in [5.74, 6) is -0.361. The van der Waals surface area contributed by atoms with Crippen molar-refractivity contribution < 1.29 is 14.3 Å². The van der Waals surface area contributed by atoms with Crippen molar-refractivity contribution in [2.75, 3.05) is 7.11 Å². The van der Waals surface area contributed by atoms with E-state index in [-0.39, 0.29) is 11.4 Å². The number of hydrogen-bond donors (Lipinski definition) is 0. The SMILES string of the molecule is COC(=O)C(=CCC(C)C)C(C)=O. The lowest BCUT2D eigenvalue weighted by Crippen LogP contribution is -2.11. The second-order valence-corrected chi connectivity index (χ2v) is 3.30. The molecule has 3 heteroatoms. The van der Waals surface area contributed by atoms with Gasteiger partial charge in [0.2, 0.25) is 0 Å². The summed E-state index contributed by atoms with van der Waals surface area (Å²) in [7, 11) is 1.27. The Morgan fingerprint density at radius 3 is 2.23 bits per heavy atom. The minimum absolute atomic E-state index is 0.149. The molecule has 0 spiro atoms. The molecule has 0 heterocycles. The molecular weight excluding hydrogens is 168 g/mol. The molecule has 0 saturated carbocycles. The van der Waals surface area contributed by atoms with E-state index < -0.39 is 5.97 Å². The Labute approximate surface area is 78.8 Å². The number of carbonyl (C=O) groups is 2. The van der Waals surface area contributed by atoms with Crippen LogP contribution in [0.4, 0.5) is 0 Å². The summed E-state index contributed by atoms with van der Waals surface area (Å²) in [4.78, 5) is 22.0. The molecule has 0 fully saturated rings. The Bertz CT molecular complexity index is 226. The van der Waals surface area contributed by atoms with Crippen LogP contribution in [0.15, 0.2) is 11.6 Å². The maximum absolute atomic E-state index is 11.1. The topological polar surface area (TPSA) is 43.4 Å². The molecule has 0 aliphatic rings. The van der Waals surface area contributed by atoms with Gasteiger partial charge in [0.1, 0.15) is 0 Å². The maximum Gasteiger partial charge on any atom is 0.341 e. The lowest BCUT2D eigenvalue weighted by molar-refractivity contribution is -0.137. The number of ether oxygens (including phenoxy) is 1. The van der Waals surface area contributed by atoms with E-state index in [0.29, 0.717) is 12.3 Å². The lowest BCUT2D eigenvalue weighted by Gasteiger charge is -2.02. The smallest absolute Gasteiger partial charge is 0.341 e. The molecule has 0 amide bonds. The van der Waals surface area contributed by atoms with Gasteiger partial charge in [-0.05, 0) is 19.3 Å². The third-order valence-corrected chi connectivity index (χ3v) is 1.58. The number of Topliss-reactive ketones (excluding diaryl/α,β-unsaturated/α-hetero) is 1. The summed E-state index contributed by atoms with van der Waals surface area (Å²) in [6, 6.07) is 0. The molecule has 0 radical (unpaired) electrons. The summed E-state index contributed by atoms with van der Waals surface area (Å²) < 4.78 is 4.48. The van der Waals surface area contributed by atoms with E-state index in [1.165, 1.54) is 14.0 Å². The molecule has 0 aromatic rings. The second-order valence-electron chi connectivity index (χ2n) is 3.30. The van der Waals surface area contributed by atoms with Crippen LogP contribution in [0, 0.1) is 5.92 Å². The number of ketones is 1. The van der Waals surface area contributed by atoms with Crippen LogP contribution in [0.3, 0.4) is 0 Å². The van der Waals surface area contributed by atoms with E-state index in [2.05, 4.69) is 4.74 Å². The van der Waals surface area contributed by atoms with Gasteiger partial charge < -0.3 is 4.74 Å². The van der Waals surface area contributed by atoms with E-state index in [4.69, 9.17) is 0 Å². The predicted molar refractivity (Wildman–Crippen MR) is 50.2 cm³/mol. The van der Waals surface area contributed by atoms with Crippen LogP contribution in [-0.4, -0.2) is 18.9 Å². The van der Waals surface area contributed by atoms with Crippen LogP contribution in [0.2, 0.25) is 0 Å². The van der Waals surface area contributed by atoms with Crippen LogP contribution in [0.5, 0.6) is 0 Å². The Balaban J connectivity index is 4.51. The molecule has 0 atom stereocenters. The zero-order valence-electron chi connectivity index (χ0n) is 8.59. The van der Waals surface area contributed by atoms with Gasteiger partial charge in [0, 0.05) is 0 Å². The zero-order valence-corrected chi connectivity index (χ0v) is 8.59. The first-order valence-corrected chi connectivity index (χ1v) is 4.28. The number of methoxy groups -OCH3 is 1. The molecule has 0 bridgehead atoms. The van der Waals surface area contributed by atoms with Crippen molar-refractivity contribution in [1.29, 1.82) is 0 Å². The molecule has 74 valence electrons. The highest BCUT2D eigenvalue weighted by molar-refractivity contribution is 6.16. The fourth-order valence-corrected chi connectivity index (χ4v) is 0.834. The van der Waals surface area contributed by atoms with E-state index in [0.717, 1.165) is 0 Å². The van der Waals surface area contributed by atoms with Gasteiger partial charge in [-0.3, -0.25) is 4.79 Å². The molecule has 0 aromatic heterocycles. The van der Waals surface area contributed by atoms with Crippen molar-refractivity contribution in [2.45, 2.75) is 27.2 Å². The molecule has 3 nitrogen and oxygen atoms in total. The second kappa shape index (κ2) is 5.51. The standard InChI is InChI=1S/C10H16O3/c1-7(2)5-6-9(8(3)11)10(12)13-4/h6-7H,5H2,1-4H3. The van der Waals surface area contributed by atoms with Gasteiger partial charge in [0.25, 0.3) is 0 Å². The fraction of sp³-hybridized carbons (Fsp3) is 0.600. The average molecular weight is 184 g/mol. The fourth-order valence-electron chi connectivity index (χ4n) is 0.834. The minimum atomic E-state index is -0.548. The predicted octanol–water partition coefficient (Wildman–Crippen LogP) is 1.72. The lowest BCUT2D eigenvalue weighted by atomic mass is 10.1. The minimum Gasteiger partial charge on any atom is -0.465 e. The van der Waals surface area contributed by atoms with Crippen LogP contribution in [-0.2, 0) is 14.3 Å². The van der Waals surface area contributed by atoms with Crippen LogP contribution < -0.4 is 0 Å². The van der Waals surface area contributed by atoms with Gasteiger partial charge in [-0.1, -0.05) is 19.9 Å². The third kappa shape index (κ3) is 4.45. The van der Waals surface area contributed by atoms with Gasteiger partial charge >= 0.3 is 5.97 Å². The number of carbonyl (C=O) groups excluding carboxylic acids is 2. The van der Waals surface area contributed by atoms with Crippen LogP contribution in [0.1, 0.15) is 27.2 Å². The highest BCUT2D eigenvalue weighted by Gasteiger charge is 2.13. The largest absolute Gasteiger partial charge is 0.465 e. The number of hydrogen-bond acceptors (Lipinski definition) is 3. The molecular formula is C10H16O3. The van der Waals surface area contributed by atoms with Crippen molar-refractivity contribution in [2.24, 2.45) is 5.92 Å². The Hall–Kier alpha value is -1.12. The highest BCUT2D eigenvalue weighted by atomic mass is 16.5.